The molecule has 166 valence electrons. The quantitative estimate of drug-likeness (QED) is 0.466. The number of aryl methyl sites for hydroxylation is 1. The van der Waals surface area contributed by atoms with Crippen LogP contribution in [0.15, 0.2) is 65.2 Å². The summed E-state index contributed by atoms with van der Waals surface area (Å²) < 4.78 is 10.6. The monoisotopic (exact) mass is 442 g/mol. The van der Waals surface area contributed by atoms with Crippen LogP contribution in [0.25, 0.3) is 22.2 Å². The Morgan fingerprint density at radius 2 is 1.76 bits per heavy atom. The van der Waals surface area contributed by atoms with Crippen LogP contribution >= 0.6 is 0 Å². The van der Waals surface area contributed by atoms with Gasteiger partial charge in [0.05, 0.1) is 13.7 Å². The smallest absolute Gasteiger partial charge is 0.325 e. The van der Waals surface area contributed by atoms with Gasteiger partial charge < -0.3 is 14.6 Å². The molecule has 0 aliphatic carbocycles. The van der Waals surface area contributed by atoms with Crippen molar-refractivity contribution < 1.29 is 18.8 Å². The molecule has 1 N–H and O–H groups in total. The molecule has 1 fully saturated rings. The molecule has 1 aliphatic rings. The van der Waals surface area contributed by atoms with Gasteiger partial charge in [-0.15, -0.1) is 0 Å². The van der Waals surface area contributed by atoms with Crippen molar-refractivity contribution in [2.75, 3.05) is 7.11 Å². The first-order valence-corrected chi connectivity index (χ1v) is 10.5. The number of rotatable bonds is 5. The van der Waals surface area contributed by atoms with Crippen LogP contribution in [0.4, 0.5) is 4.79 Å². The van der Waals surface area contributed by atoms with E-state index < -0.39 is 11.6 Å². The Bertz CT molecular complexity index is 1380. The molecule has 0 radical (unpaired) electrons. The molecule has 8 nitrogen and oxygen atoms in total. The second-order valence-corrected chi connectivity index (χ2v) is 8.26. The summed E-state index contributed by atoms with van der Waals surface area (Å²) in [5.74, 6) is 0.971. The third-order valence-corrected chi connectivity index (χ3v) is 5.97. The van der Waals surface area contributed by atoms with Crippen molar-refractivity contribution in [1.82, 2.24) is 20.4 Å². The number of nitrogens with one attached hydrogen (secondary N) is 1. The molecule has 0 spiro atoms. The summed E-state index contributed by atoms with van der Waals surface area (Å²) in [5.41, 5.74) is 1.38. The van der Waals surface area contributed by atoms with Crippen LogP contribution < -0.4 is 10.1 Å². The minimum absolute atomic E-state index is 0.0829. The maximum absolute atomic E-state index is 13.3. The molecule has 1 saturated heterocycles. The minimum Gasteiger partial charge on any atom is -0.497 e. The van der Waals surface area contributed by atoms with Gasteiger partial charge in [0, 0.05) is 5.56 Å². The molecular weight excluding hydrogens is 420 g/mol. The Balaban J connectivity index is 1.39. The summed E-state index contributed by atoms with van der Waals surface area (Å²) in [7, 11) is 1.62. The van der Waals surface area contributed by atoms with Gasteiger partial charge in [0.15, 0.2) is 5.82 Å². The third kappa shape index (κ3) is 3.59. The Kier molecular flexibility index (Phi) is 4.85. The molecule has 1 aromatic heterocycles. The fourth-order valence-electron chi connectivity index (χ4n) is 3.97. The van der Waals surface area contributed by atoms with Crippen LogP contribution in [0.2, 0.25) is 0 Å². The molecule has 8 heteroatoms. The number of carbonyl (C=O) groups is 2. The van der Waals surface area contributed by atoms with Crippen molar-refractivity contribution in [2.24, 2.45) is 0 Å². The Morgan fingerprint density at radius 1 is 1.03 bits per heavy atom. The van der Waals surface area contributed by atoms with E-state index in [1.807, 2.05) is 67.6 Å². The van der Waals surface area contributed by atoms with E-state index in [0.29, 0.717) is 11.5 Å². The highest BCUT2D eigenvalue weighted by atomic mass is 16.5. The zero-order valence-corrected chi connectivity index (χ0v) is 18.5. The number of nitrogens with zero attached hydrogens (tertiary/aromatic N) is 3. The van der Waals surface area contributed by atoms with Crippen LogP contribution in [-0.2, 0) is 16.9 Å². The van der Waals surface area contributed by atoms with Gasteiger partial charge >= 0.3 is 6.03 Å². The summed E-state index contributed by atoms with van der Waals surface area (Å²) in [6.45, 7) is 3.61. The number of ether oxygens (including phenoxy) is 1. The number of methoxy groups -OCH3 is 1. The Morgan fingerprint density at radius 3 is 2.52 bits per heavy atom. The predicted octanol–water partition coefficient (Wildman–Crippen LogP) is 4.17. The largest absolute Gasteiger partial charge is 0.497 e. The van der Waals surface area contributed by atoms with Gasteiger partial charge in [-0.3, -0.25) is 9.69 Å². The molecule has 1 atom stereocenters. The normalized spacial score (nSPS) is 18.1. The van der Waals surface area contributed by atoms with E-state index in [1.165, 1.54) is 0 Å². The number of hydrogen-bond acceptors (Lipinski definition) is 6. The second-order valence-electron chi connectivity index (χ2n) is 8.26. The maximum atomic E-state index is 13.3. The zero-order chi connectivity index (χ0) is 23.2. The highest BCUT2D eigenvalue weighted by Gasteiger charge is 2.49. The number of hydrogen-bond donors (Lipinski definition) is 1. The van der Waals surface area contributed by atoms with Crippen LogP contribution in [0.5, 0.6) is 5.75 Å². The lowest BCUT2D eigenvalue weighted by Gasteiger charge is -2.22. The minimum atomic E-state index is -1.20. The first-order chi connectivity index (χ1) is 15.9. The lowest BCUT2D eigenvalue weighted by molar-refractivity contribution is -0.131. The van der Waals surface area contributed by atoms with Crippen LogP contribution in [-0.4, -0.2) is 34.1 Å². The van der Waals surface area contributed by atoms with Gasteiger partial charge in [-0.2, -0.15) is 4.98 Å². The summed E-state index contributed by atoms with van der Waals surface area (Å²) in [6.07, 6.45) is 0. The van der Waals surface area contributed by atoms with E-state index in [-0.39, 0.29) is 18.3 Å². The molecule has 2 heterocycles. The van der Waals surface area contributed by atoms with Crippen molar-refractivity contribution in [3.63, 3.8) is 0 Å². The second kappa shape index (κ2) is 7.74. The lowest BCUT2D eigenvalue weighted by Crippen LogP contribution is -2.40. The third-order valence-electron chi connectivity index (χ3n) is 5.97. The number of urea groups is 1. The molecule has 0 saturated carbocycles. The number of benzene rings is 3. The fourth-order valence-corrected chi connectivity index (χ4v) is 3.97. The number of aromatic nitrogens is 2. The van der Waals surface area contributed by atoms with E-state index in [1.54, 1.807) is 14.0 Å². The van der Waals surface area contributed by atoms with Gasteiger partial charge in [0.2, 0.25) is 0 Å². The topological polar surface area (TPSA) is 97.6 Å². The van der Waals surface area contributed by atoms with E-state index >= 15 is 0 Å². The summed E-state index contributed by atoms with van der Waals surface area (Å²) >= 11 is 0. The summed E-state index contributed by atoms with van der Waals surface area (Å²) in [6, 6.07) is 18.5. The van der Waals surface area contributed by atoms with Crippen molar-refractivity contribution in [3.05, 3.63) is 77.6 Å². The lowest BCUT2D eigenvalue weighted by atomic mass is 9.90. The van der Waals surface area contributed by atoms with Crippen molar-refractivity contribution >= 4 is 22.7 Å². The highest BCUT2D eigenvalue weighted by Crippen LogP contribution is 2.32. The Hall–Kier alpha value is -4.20. The van der Waals surface area contributed by atoms with Crippen LogP contribution in [0.3, 0.4) is 0 Å². The van der Waals surface area contributed by atoms with Gasteiger partial charge in [-0.25, -0.2) is 4.79 Å². The molecule has 3 amide bonds. The number of imide groups is 1. The maximum Gasteiger partial charge on any atom is 0.325 e. The zero-order valence-electron chi connectivity index (χ0n) is 18.5. The summed E-state index contributed by atoms with van der Waals surface area (Å²) in [5, 5.41) is 8.70. The Labute approximate surface area is 190 Å². The fraction of sp³-hybridized carbons (Fsp3) is 0.200. The van der Waals surface area contributed by atoms with Crippen molar-refractivity contribution in [1.29, 1.82) is 0 Å². The van der Waals surface area contributed by atoms with E-state index in [2.05, 4.69) is 15.5 Å². The molecular formula is C25H22N4O4. The van der Waals surface area contributed by atoms with Gasteiger partial charge in [0.1, 0.15) is 11.3 Å². The SMILES string of the molecule is COc1ccc2cc([C@@]3(C)NC(=O)N(Cc4noc(-c5ccc(C)cc5)n4)C3=O)ccc2c1. The molecule has 0 unspecified atom stereocenters. The average Bonchev–Trinajstić information content (AvgIpc) is 3.38. The van der Waals surface area contributed by atoms with Crippen molar-refractivity contribution in [2.45, 2.75) is 25.9 Å². The standard InChI is InChI=1S/C25H22N4O4/c1-15-4-6-16(7-5-15)22-26-21(28-33-22)14-29-23(30)25(2,27-24(29)31)19-10-8-18-13-20(32-3)11-9-17(18)12-19/h4-13H,14H2,1-3H3,(H,27,31)/t25-/m1/s1. The van der Waals surface area contributed by atoms with Crippen molar-refractivity contribution in [3.8, 4) is 17.2 Å². The van der Waals surface area contributed by atoms with Gasteiger partial charge in [-0.1, -0.05) is 41.1 Å². The highest BCUT2D eigenvalue weighted by molar-refractivity contribution is 6.07. The van der Waals surface area contributed by atoms with E-state index in [4.69, 9.17) is 9.26 Å². The molecule has 3 aromatic carbocycles. The number of fused-ring (bicyclic) bond motifs is 1. The van der Waals surface area contributed by atoms with Gasteiger partial charge in [-0.05, 0) is 60.5 Å². The first kappa shape index (κ1) is 20.7. The van der Waals surface area contributed by atoms with E-state index in [9.17, 15) is 9.59 Å². The first-order valence-electron chi connectivity index (χ1n) is 10.5. The van der Waals surface area contributed by atoms with Crippen LogP contribution in [0, 0.1) is 6.92 Å². The number of amides is 3. The molecule has 33 heavy (non-hydrogen) atoms. The molecule has 0 bridgehead atoms. The predicted molar refractivity (Wildman–Crippen MR) is 121 cm³/mol. The molecule has 1 aliphatic heterocycles. The summed E-state index contributed by atoms with van der Waals surface area (Å²) in [4.78, 5) is 31.5. The van der Waals surface area contributed by atoms with Crippen LogP contribution in [0.1, 0.15) is 23.9 Å². The number of carbonyl (C=O) groups excluding carboxylic acids is 2. The van der Waals surface area contributed by atoms with E-state index in [0.717, 1.165) is 32.5 Å². The molecule has 5 rings (SSSR count). The average molecular weight is 442 g/mol. The molecule has 4 aromatic rings. The van der Waals surface area contributed by atoms with Gasteiger partial charge in [0.25, 0.3) is 11.8 Å².